The molecular weight excluding hydrogens is 467 g/mol. The van der Waals surface area contributed by atoms with Crippen LogP contribution in [0.5, 0.6) is 0 Å². The molecule has 10 heteroatoms. The highest BCUT2D eigenvalue weighted by Crippen LogP contribution is 2.55. The number of fused-ring (bicyclic) bond motifs is 2. The fraction of sp³-hybridized carbons (Fsp3) is 0.500. The number of rotatable bonds is 5. The molecule has 0 saturated carbocycles. The summed E-state index contributed by atoms with van der Waals surface area (Å²) in [7, 11) is 0.679. The van der Waals surface area contributed by atoms with Gasteiger partial charge in [-0.3, -0.25) is 0 Å². The summed E-state index contributed by atoms with van der Waals surface area (Å²) in [5.41, 5.74) is 8.60. The van der Waals surface area contributed by atoms with Crippen molar-refractivity contribution in [3.63, 3.8) is 0 Å². The van der Waals surface area contributed by atoms with Crippen LogP contribution in [0.1, 0.15) is 37.8 Å². The summed E-state index contributed by atoms with van der Waals surface area (Å²) in [5, 5.41) is 2.01. The van der Waals surface area contributed by atoms with Gasteiger partial charge < -0.3 is 19.4 Å². The monoisotopic (exact) mass is 496 g/mol. The Morgan fingerprint density at radius 3 is 2.66 bits per heavy atom. The molecule has 32 heavy (non-hydrogen) atoms. The number of nitrogens with zero attached hydrogens (tertiary/aromatic N) is 5. The van der Waals surface area contributed by atoms with E-state index in [0.29, 0.717) is 29.9 Å². The van der Waals surface area contributed by atoms with Crippen LogP contribution in [0, 0.1) is 0 Å². The van der Waals surface area contributed by atoms with Gasteiger partial charge in [-0.15, -0.1) is 10.3 Å². The molecule has 4 rings (SSSR count). The van der Waals surface area contributed by atoms with Gasteiger partial charge in [0.05, 0.1) is 11.6 Å². The first kappa shape index (κ1) is 23.4. The van der Waals surface area contributed by atoms with Crippen molar-refractivity contribution in [2.24, 2.45) is 7.05 Å². The third kappa shape index (κ3) is 4.14. The zero-order chi connectivity index (χ0) is 23.4. The highest BCUT2D eigenvalue weighted by atomic mass is 35.5. The topological polar surface area (TPSA) is 82.1 Å². The summed E-state index contributed by atoms with van der Waals surface area (Å²) in [6, 6.07) is 1.98. The van der Waals surface area contributed by atoms with Crippen LogP contribution in [0.3, 0.4) is 0 Å². The van der Waals surface area contributed by atoms with Gasteiger partial charge in [-0.25, -0.2) is 9.97 Å². The number of aryl methyl sites for hydroxylation is 1. The summed E-state index contributed by atoms with van der Waals surface area (Å²) in [5.74, 6) is 0.937. The largest absolute Gasteiger partial charge is 0.368 e. The van der Waals surface area contributed by atoms with E-state index in [-0.39, 0.29) is 16.6 Å². The highest BCUT2D eigenvalue weighted by molar-refractivity contribution is 8.29. The number of nitrogen functional groups attached to an aromatic ring is 1. The number of anilines is 2. The van der Waals surface area contributed by atoms with E-state index in [9.17, 15) is 0 Å². The van der Waals surface area contributed by atoms with Crippen molar-refractivity contribution in [3.05, 3.63) is 39.8 Å². The summed E-state index contributed by atoms with van der Waals surface area (Å²) in [6.45, 7) is 8.41. The van der Waals surface area contributed by atoms with Crippen molar-refractivity contribution in [1.82, 2.24) is 19.5 Å². The van der Waals surface area contributed by atoms with E-state index in [4.69, 9.17) is 33.1 Å². The standard InChI is InChI=1S/C22H30Cl2N6OS/c1-22(2,3)32(5,6)31-12-14-11-30(20-16(14)18(24)27-21(25)28-20)10-13-9-26-19-15(17(13)23)7-8-29(19)4/h7-9,14H,10-12H2,1-6H3,(H2,25,27,28). The number of aromatic nitrogens is 4. The Balaban J connectivity index is 1.64. The van der Waals surface area contributed by atoms with Gasteiger partial charge >= 0.3 is 0 Å². The second-order valence-corrected chi connectivity index (χ2v) is 14.2. The Morgan fingerprint density at radius 1 is 1.25 bits per heavy atom. The number of hydrogen-bond acceptors (Lipinski definition) is 6. The van der Waals surface area contributed by atoms with Crippen LogP contribution in [0.4, 0.5) is 11.8 Å². The van der Waals surface area contributed by atoms with Gasteiger partial charge in [-0.1, -0.05) is 44.0 Å². The lowest BCUT2D eigenvalue weighted by Crippen LogP contribution is -2.28. The fourth-order valence-corrected chi connectivity index (χ4v) is 5.16. The van der Waals surface area contributed by atoms with Crippen molar-refractivity contribution in [3.8, 4) is 0 Å². The average Bonchev–Trinajstić information content (AvgIpc) is 3.23. The first-order valence-electron chi connectivity index (χ1n) is 10.4. The molecule has 0 amide bonds. The Hall–Kier alpha value is -1.74. The minimum absolute atomic E-state index is 0.0411. The molecule has 0 spiro atoms. The van der Waals surface area contributed by atoms with E-state index in [2.05, 4.69) is 53.1 Å². The van der Waals surface area contributed by atoms with Crippen LogP contribution >= 0.6 is 33.5 Å². The van der Waals surface area contributed by atoms with Crippen LogP contribution < -0.4 is 10.6 Å². The minimum atomic E-state index is -1.27. The minimum Gasteiger partial charge on any atom is -0.368 e. The predicted octanol–water partition coefficient (Wildman–Crippen LogP) is 5.15. The molecule has 1 aliphatic heterocycles. The maximum absolute atomic E-state index is 6.75. The number of halogens is 2. The van der Waals surface area contributed by atoms with Gasteiger partial charge in [0.15, 0.2) is 0 Å². The van der Waals surface area contributed by atoms with Crippen molar-refractivity contribution < 1.29 is 4.18 Å². The van der Waals surface area contributed by atoms with Gasteiger partial charge in [0.25, 0.3) is 0 Å². The molecule has 7 nitrogen and oxygen atoms in total. The van der Waals surface area contributed by atoms with Gasteiger partial charge in [0.2, 0.25) is 5.95 Å². The lowest BCUT2D eigenvalue weighted by atomic mass is 10.1. The zero-order valence-electron chi connectivity index (χ0n) is 19.3. The number of pyridine rings is 1. The van der Waals surface area contributed by atoms with E-state index in [1.807, 2.05) is 30.1 Å². The second-order valence-electron chi connectivity index (χ2n) is 9.58. The number of hydrogen-bond donors (Lipinski definition) is 1. The number of nitrogens with two attached hydrogens (primary N) is 1. The molecule has 1 unspecified atom stereocenters. The van der Waals surface area contributed by atoms with Crippen LogP contribution in [-0.4, -0.2) is 49.9 Å². The second kappa shape index (κ2) is 8.24. The molecule has 0 fully saturated rings. The molecular formula is C22H30Cl2N6OS. The summed E-state index contributed by atoms with van der Waals surface area (Å²) in [4.78, 5) is 15.5. The normalized spacial score (nSPS) is 17.2. The molecule has 1 atom stereocenters. The van der Waals surface area contributed by atoms with E-state index >= 15 is 0 Å². The van der Waals surface area contributed by atoms with Crippen molar-refractivity contribution in [1.29, 1.82) is 0 Å². The van der Waals surface area contributed by atoms with E-state index in [1.54, 1.807) is 0 Å². The van der Waals surface area contributed by atoms with E-state index < -0.39 is 10.3 Å². The Kier molecular flexibility index (Phi) is 6.03. The molecule has 0 saturated heterocycles. The maximum atomic E-state index is 6.75. The first-order valence-corrected chi connectivity index (χ1v) is 13.6. The molecule has 174 valence electrons. The fourth-order valence-electron chi connectivity index (χ4n) is 3.73. The third-order valence-corrected chi connectivity index (χ3v) is 10.8. The highest BCUT2D eigenvalue weighted by Gasteiger charge is 2.37. The Bertz CT molecular complexity index is 1170. The van der Waals surface area contributed by atoms with E-state index in [0.717, 1.165) is 28.0 Å². The molecule has 0 radical (unpaired) electrons. The van der Waals surface area contributed by atoms with Crippen LogP contribution in [0.25, 0.3) is 11.0 Å². The van der Waals surface area contributed by atoms with Gasteiger partial charge in [-0.05, 0) is 18.6 Å². The van der Waals surface area contributed by atoms with Gasteiger partial charge in [0.1, 0.15) is 16.6 Å². The lowest BCUT2D eigenvalue weighted by molar-refractivity contribution is 0.321. The maximum Gasteiger partial charge on any atom is 0.223 e. The third-order valence-electron chi connectivity index (χ3n) is 6.35. The molecule has 0 aliphatic carbocycles. The van der Waals surface area contributed by atoms with Crippen molar-refractivity contribution in [2.75, 3.05) is 36.3 Å². The molecule has 3 aromatic rings. The summed E-state index contributed by atoms with van der Waals surface area (Å²) >= 11 is 13.3. The Morgan fingerprint density at radius 2 is 1.97 bits per heavy atom. The molecule has 1 aliphatic rings. The Labute approximate surface area is 200 Å². The van der Waals surface area contributed by atoms with Gasteiger partial charge in [-0.2, -0.15) is 4.98 Å². The molecule has 2 N–H and O–H groups in total. The van der Waals surface area contributed by atoms with Crippen molar-refractivity contribution >= 4 is 56.3 Å². The lowest BCUT2D eigenvalue weighted by Gasteiger charge is -2.44. The van der Waals surface area contributed by atoms with Gasteiger partial charge in [0, 0.05) is 59.7 Å². The average molecular weight is 497 g/mol. The first-order chi connectivity index (χ1) is 14.9. The van der Waals surface area contributed by atoms with Crippen LogP contribution in [0.15, 0.2) is 18.5 Å². The van der Waals surface area contributed by atoms with E-state index in [1.165, 1.54) is 0 Å². The van der Waals surface area contributed by atoms with Crippen LogP contribution in [-0.2, 0) is 17.8 Å². The van der Waals surface area contributed by atoms with Crippen molar-refractivity contribution in [2.45, 2.75) is 38.0 Å². The van der Waals surface area contributed by atoms with Crippen LogP contribution in [0.2, 0.25) is 10.2 Å². The summed E-state index contributed by atoms with van der Waals surface area (Å²) < 4.78 is 8.50. The zero-order valence-corrected chi connectivity index (χ0v) is 21.6. The predicted molar refractivity (Wildman–Crippen MR) is 136 cm³/mol. The molecule has 3 aromatic heterocycles. The quantitative estimate of drug-likeness (QED) is 0.491. The summed E-state index contributed by atoms with van der Waals surface area (Å²) in [6.07, 6.45) is 8.18. The smallest absolute Gasteiger partial charge is 0.223 e. The molecule has 0 bridgehead atoms. The molecule has 0 aromatic carbocycles. The molecule has 4 heterocycles. The SMILES string of the molecule is Cn1ccc2c(Cl)c(CN3CC(COS(C)(C)C(C)(C)C)c4c(Cl)nc(N)nc43)cnc21.